The van der Waals surface area contributed by atoms with E-state index in [1.165, 1.54) is 12.1 Å². The lowest BCUT2D eigenvalue weighted by atomic mass is 10.2. The minimum Gasteiger partial charge on any atom is -0.486 e. The van der Waals surface area contributed by atoms with Gasteiger partial charge in [0.2, 0.25) is 11.8 Å². The smallest absolute Gasteiger partial charge is 0.269 e. The van der Waals surface area contributed by atoms with E-state index in [9.17, 15) is 10.1 Å². The van der Waals surface area contributed by atoms with E-state index in [0.29, 0.717) is 30.5 Å². The van der Waals surface area contributed by atoms with Crippen LogP contribution in [0.25, 0.3) is 11.5 Å². The number of para-hydroxylation sites is 2. The Morgan fingerprint density at radius 2 is 1.90 bits per heavy atom. The third-order valence-corrected chi connectivity index (χ3v) is 5.08. The molecular weight excluding hydrogens is 388 g/mol. The Hall–Kier alpha value is -3.46. The predicted molar refractivity (Wildman–Crippen MR) is 108 cm³/mol. The van der Waals surface area contributed by atoms with Crippen LogP contribution in [0.2, 0.25) is 0 Å². The van der Waals surface area contributed by atoms with Gasteiger partial charge in [-0.25, -0.2) is 0 Å². The SMILES string of the molecule is CCN(CC1COc2ccccc2O1)C(C)c1nnc(-c2ccc([N+](=O)[O-])cc2)o1. The number of nitro groups is 1. The van der Waals surface area contributed by atoms with Crippen LogP contribution in [-0.4, -0.2) is 45.8 Å². The van der Waals surface area contributed by atoms with Crippen LogP contribution in [0.15, 0.2) is 52.9 Å². The van der Waals surface area contributed by atoms with Crippen LogP contribution in [0.1, 0.15) is 25.8 Å². The second-order valence-corrected chi connectivity index (χ2v) is 7.01. The van der Waals surface area contributed by atoms with Gasteiger partial charge in [0.25, 0.3) is 5.69 Å². The number of fused-ring (bicyclic) bond motifs is 1. The standard InChI is InChI=1S/C21H22N4O5/c1-3-24(12-17-13-28-18-6-4-5-7-19(18)29-17)14(2)20-22-23-21(30-20)15-8-10-16(11-9-15)25(26)27/h4-11,14,17H,3,12-13H2,1-2H3. The molecule has 1 aliphatic rings. The highest BCUT2D eigenvalue weighted by molar-refractivity contribution is 5.55. The quantitative estimate of drug-likeness (QED) is 0.427. The molecule has 1 aliphatic heterocycles. The van der Waals surface area contributed by atoms with Crippen molar-refractivity contribution in [3.63, 3.8) is 0 Å². The molecule has 0 bridgehead atoms. The van der Waals surface area contributed by atoms with Gasteiger partial charge in [0.15, 0.2) is 11.5 Å². The number of non-ortho nitro benzene ring substituents is 1. The van der Waals surface area contributed by atoms with Gasteiger partial charge in [0, 0.05) is 24.2 Å². The number of nitrogens with zero attached hydrogens (tertiary/aromatic N) is 4. The molecule has 9 nitrogen and oxygen atoms in total. The van der Waals surface area contributed by atoms with Crippen molar-refractivity contribution in [1.29, 1.82) is 0 Å². The van der Waals surface area contributed by atoms with Crippen LogP contribution in [0, 0.1) is 10.1 Å². The number of hydrogen-bond acceptors (Lipinski definition) is 8. The molecule has 4 rings (SSSR count). The molecule has 0 saturated carbocycles. The van der Waals surface area contributed by atoms with Crippen LogP contribution in [0.3, 0.4) is 0 Å². The fraction of sp³-hybridized carbons (Fsp3) is 0.333. The number of aromatic nitrogens is 2. The van der Waals surface area contributed by atoms with Crippen LogP contribution >= 0.6 is 0 Å². The van der Waals surface area contributed by atoms with Gasteiger partial charge in [-0.1, -0.05) is 19.1 Å². The molecule has 1 aromatic heterocycles. The zero-order chi connectivity index (χ0) is 21.1. The molecule has 2 heterocycles. The molecule has 0 N–H and O–H groups in total. The first-order valence-corrected chi connectivity index (χ1v) is 9.76. The van der Waals surface area contributed by atoms with Crippen molar-refractivity contribution < 1.29 is 18.8 Å². The fourth-order valence-corrected chi connectivity index (χ4v) is 3.38. The number of ether oxygens (including phenoxy) is 2. The van der Waals surface area contributed by atoms with E-state index >= 15 is 0 Å². The Balaban J connectivity index is 1.44. The normalized spacial score (nSPS) is 16.4. The van der Waals surface area contributed by atoms with Crippen molar-refractivity contribution in [1.82, 2.24) is 15.1 Å². The largest absolute Gasteiger partial charge is 0.486 e. The van der Waals surface area contributed by atoms with Crippen molar-refractivity contribution in [3.05, 3.63) is 64.5 Å². The molecule has 0 fully saturated rings. The topological polar surface area (TPSA) is 104 Å². The molecule has 156 valence electrons. The minimum absolute atomic E-state index is 0.0142. The summed E-state index contributed by atoms with van der Waals surface area (Å²) < 4.78 is 17.7. The van der Waals surface area contributed by atoms with Crippen LogP contribution in [0.5, 0.6) is 11.5 Å². The molecule has 2 aromatic carbocycles. The molecule has 3 aromatic rings. The second kappa shape index (κ2) is 8.50. The Labute approximate surface area is 173 Å². The summed E-state index contributed by atoms with van der Waals surface area (Å²) in [7, 11) is 0. The lowest BCUT2D eigenvalue weighted by molar-refractivity contribution is -0.384. The van der Waals surface area contributed by atoms with Crippen molar-refractivity contribution in [2.24, 2.45) is 0 Å². The molecular formula is C21H22N4O5. The van der Waals surface area contributed by atoms with Crippen molar-refractivity contribution in [3.8, 4) is 23.0 Å². The Morgan fingerprint density at radius 3 is 2.60 bits per heavy atom. The maximum Gasteiger partial charge on any atom is 0.269 e. The highest BCUT2D eigenvalue weighted by Gasteiger charge is 2.27. The summed E-state index contributed by atoms with van der Waals surface area (Å²) in [6.45, 7) is 5.92. The molecule has 0 spiro atoms. The third-order valence-electron chi connectivity index (χ3n) is 5.08. The maximum atomic E-state index is 10.8. The first kappa shape index (κ1) is 19.8. The summed E-state index contributed by atoms with van der Waals surface area (Å²) in [4.78, 5) is 12.5. The van der Waals surface area contributed by atoms with Crippen LogP contribution < -0.4 is 9.47 Å². The highest BCUT2D eigenvalue weighted by Crippen LogP contribution is 2.32. The van der Waals surface area contributed by atoms with Gasteiger partial charge in [-0.05, 0) is 37.7 Å². The summed E-state index contributed by atoms with van der Waals surface area (Å²) in [5.74, 6) is 2.31. The monoisotopic (exact) mass is 410 g/mol. The first-order chi connectivity index (χ1) is 14.5. The molecule has 30 heavy (non-hydrogen) atoms. The van der Waals surface area contributed by atoms with E-state index in [1.807, 2.05) is 31.2 Å². The average Bonchev–Trinajstić information content (AvgIpc) is 3.27. The van der Waals surface area contributed by atoms with Gasteiger partial charge >= 0.3 is 0 Å². The molecule has 2 atom stereocenters. The Bertz CT molecular complexity index is 1020. The van der Waals surface area contributed by atoms with E-state index in [-0.39, 0.29) is 17.8 Å². The second-order valence-electron chi connectivity index (χ2n) is 7.01. The number of likely N-dealkylation sites (N-methyl/N-ethyl adjacent to an activating group) is 1. The van der Waals surface area contributed by atoms with Crippen molar-refractivity contribution in [2.45, 2.75) is 26.0 Å². The number of hydrogen-bond donors (Lipinski definition) is 0. The molecule has 9 heteroatoms. The van der Waals surface area contributed by atoms with Crippen molar-refractivity contribution >= 4 is 5.69 Å². The zero-order valence-electron chi connectivity index (χ0n) is 16.7. The van der Waals surface area contributed by atoms with E-state index in [0.717, 1.165) is 18.0 Å². The Morgan fingerprint density at radius 1 is 1.17 bits per heavy atom. The maximum absolute atomic E-state index is 10.8. The van der Waals surface area contributed by atoms with Gasteiger partial charge in [0.05, 0.1) is 11.0 Å². The summed E-state index contributed by atoms with van der Waals surface area (Å²) >= 11 is 0. The first-order valence-electron chi connectivity index (χ1n) is 9.76. The number of nitro benzene ring substituents is 1. The van der Waals surface area contributed by atoms with E-state index in [2.05, 4.69) is 22.0 Å². The number of benzene rings is 2. The minimum atomic E-state index is -0.445. The van der Waals surface area contributed by atoms with Gasteiger partial charge in [-0.15, -0.1) is 10.2 Å². The fourth-order valence-electron chi connectivity index (χ4n) is 3.38. The van der Waals surface area contributed by atoms with E-state index in [4.69, 9.17) is 13.9 Å². The van der Waals surface area contributed by atoms with E-state index < -0.39 is 4.92 Å². The Kier molecular flexibility index (Phi) is 5.62. The lowest BCUT2D eigenvalue weighted by Gasteiger charge is -2.32. The van der Waals surface area contributed by atoms with E-state index in [1.54, 1.807) is 12.1 Å². The lowest BCUT2D eigenvalue weighted by Crippen LogP contribution is -2.42. The van der Waals surface area contributed by atoms with Crippen LogP contribution in [-0.2, 0) is 0 Å². The third kappa shape index (κ3) is 4.11. The molecule has 0 radical (unpaired) electrons. The summed E-state index contributed by atoms with van der Waals surface area (Å²) in [6, 6.07) is 13.5. The van der Waals surface area contributed by atoms with Gasteiger partial charge < -0.3 is 13.9 Å². The molecule has 0 aliphatic carbocycles. The van der Waals surface area contributed by atoms with Gasteiger partial charge in [0.1, 0.15) is 12.7 Å². The summed E-state index contributed by atoms with van der Waals surface area (Å²) in [6.07, 6.45) is -0.112. The molecule has 0 saturated heterocycles. The zero-order valence-corrected chi connectivity index (χ0v) is 16.7. The highest BCUT2D eigenvalue weighted by atomic mass is 16.6. The van der Waals surface area contributed by atoms with Crippen LogP contribution in [0.4, 0.5) is 5.69 Å². The summed E-state index contributed by atoms with van der Waals surface area (Å²) in [5, 5.41) is 19.1. The predicted octanol–water partition coefficient (Wildman–Crippen LogP) is 3.87. The average molecular weight is 410 g/mol. The van der Waals surface area contributed by atoms with Crippen molar-refractivity contribution in [2.75, 3.05) is 19.7 Å². The number of rotatable bonds is 7. The molecule has 2 unspecified atom stereocenters. The molecule has 0 amide bonds. The van der Waals surface area contributed by atoms with Gasteiger partial charge in [-0.3, -0.25) is 15.0 Å². The summed E-state index contributed by atoms with van der Waals surface area (Å²) in [5.41, 5.74) is 0.649. The van der Waals surface area contributed by atoms with Gasteiger partial charge in [-0.2, -0.15) is 0 Å².